The van der Waals surface area contributed by atoms with E-state index < -0.39 is 10.0 Å². The number of ether oxygens (including phenoxy) is 2. The van der Waals surface area contributed by atoms with Gasteiger partial charge in [0, 0.05) is 17.4 Å². The number of nitrogens with zero attached hydrogens (tertiary/aromatic N) is 2. The first-order valence-corrected chi connectivity index (χ1v) is 11.1. The average Bonchev–Trinajstić information content (AvgIpc) is 2.75. The highest BCUT2D eigenvalue weighted by molar-refractivity contribution is 7.92. The van der Waals surface area contributed by atoms with Crippen molar-refractivity contribution in [3.8, 4) is 11.6 Å². The molecule has 9 nitrogen and oxygen atoms in total. The Morgan fingerprint density at radius 2 is 1.61 bits per heavy atom. The molecule has 0 spiro atoms. The van der Waals surface area contributed by atoms with Crippen molar-refractivity contribution in [3.63, 3.8) is 0 Å². The minimum Gasteiger partial charge on any atom is -0.494 e. The lowest BCUT2D eigenvalue weighted by Gasteiger charge is -2.12. The summed E-state index contributed by atoms with van der Waals surface area (Å²) >= 11 is 5.31. The van der Waals surface area contributed by atoms with Crippen molar-refractivity contribution in [1.82, 2.24) is 9.97 Å². The van der Waals surface area contributed by atoms with E-state index in [9.17, 15) is 8.42 Å². The van der Waals surface area contributed by atoms with Gasteiger partial charge in [-0.2, -0.15) is 0 Å². The zero-order valence-electron chi connectivity index (χ0n) is 16.8. The molecule has 1 aromatic heterocycles. The first-order chi connectivity index (χ1) is 14.9. The molecule has 31 heavy (non-hydrogen) atoms. The van der Waals surface area contributed by atoms with Crippen LogP contribution in [-0.4, -0.2) is 37.2 Å². The van der Waals surface area contributed by atoms with Crippen molar-refractivity contribution in [2.24, 2.45) is 0 Å². The van der Waals surface area contributed by atoms with E-state index in [0.29, 0.717) is 17.4 Å². The number of sulfonamides is 1. The molecule has 0 aliphatic carbocycles. The molecular formula is C20H21N5O4S2. The molecular weight excluding hydrogens is 438 g/mol. The molecule has 0 radical (unpaired) electrons. The van der Waals surface area contributed by atoms with E-state index in [2.05, 4.69) is 25.3 Å². The number of anilines is 3. The van der Waals surface area contributed by atoms with Crippen molar-refractivity contribution in [1.29, 1.82) is 0 Å². The molecule has 162 valence electrons. The molecule has 0 atom stereocenters. The third-order valence-corrected chi connectivity index (χ3v) is 5.51. The van der Waals surface area contributed by atoms with Crippen molar-refractivity contribution in [2.75, 3.05) is 29.1 Å². The number of thiocarbonyl (C=S) groups is 1. The van der Waals surface area contributed by atoms with E-state index in [4.69, 9.17) is 21.7 Å². The van der Waals surface area contributed by atoms with Gasteiger partial charge in [0.2, 0.25) is 5.88 Å². The van der Waals surface area contributed by atoms with Crippen LogP contribution in [0, 0.1) is 0 Å². The monoisotopic (exact) mass is 459 g/mol. The van der Waals surface area contributed by atoms with Crippen LogP contribution in [0.5, 0.6) is 11.6 Å². The Labute approximate surface area is 185 Å². The summed E-state index contributed by atoms with van der Waals surface area (Å²) in [5.41, 5.74) is 1.43. The second-order valence-corrected chi connectivity index (χ2v) is 8.20. The Hall–Kier alpha value is -3.44. The number of benzene rings is 2. The van der Waals surface area contributed by atoms with E-state index in [1.54, 1.807) is 12.1 Å². The quantitative estimate of drug-likeness (QED) is 0.435. The highest BCUT2D eigenvalue weighted by atomic mass is 32.2. The van der Waals surface area contributed by atoms with Gasteiger partial charge in [0.1, 0.15) is 17.9 Å². The van der Waals surface area contributed by atoms with Crippen LogP contribution >= 0.6 is 12.2 Å². The maximum Gasteiger partial charge on any atom is 0.263 e. The molecule has 0 aliphatic rings. The highest BCUT2D eigenvalue weighted by Gasteiger charge is 2.15. The number of hydrogen-bond donors (Lipinski definition) is 3. The van der Waals surface area contributed by atoms with Crippen LogP contribution in [0.2, 0.25) is 0 Å². The Bertz CT molecular complexity index is 1140. The Morgan fingerprint density at radius 3 is 2.19 bits per heavy atom. The lowest BCUT2D eigenvalue weighted by atomic mass is 10.3. The van der Waals surface area contributed by atoms with Gasteiger partial charge in [-0.05, 0) is 67.7 Å². The van der Waals surface area contributed by atoms with Crippen LogP contribution < -0.4 is 24.8 Å². The number of nitrogens with one attached hydrogen (secondary N) is 3. The third-order valence-electron chi connectivity index (χ3n) is 3.94. The summed E-state index contributed by atoms with van der Waals surface area (Å²) in [6.45, 7) is 2.52. The molecule has 1 heterocycles. The number of methoxy groups -OCH3 is 1. The van der Waals surface area contributed by atoms with Crippen LogP contribution in [0.15, 0.2) is 65.8 Å². The lowest BCUT2D eigenvalue weighted by Crippen LogP contribution is -2.19. The second kappa shape index (κ2) is 10.0. The number of rotatable bonds is 8. The Balaban J connectivity index is 1.61. The molecule has 3 aromatic rings. The fraction of sp³-hybridized carbons (Fsp3) is 0.150. The maximum absolute atomic E-state index is 12.6. The van der Waals surface area contributed by atoms with Crippen LogP contribution in [0.25, 0.3) is 0 Å². The van der Waals surface area contributed by atoms with Crippen LogP contribution in [0.1, 0.15) is 6.92 Å². The Morgan fingerprint density at radius 1 is 1.00 bits per heavy atom. The predicted molar refractivity (Wildman–Crippen MR) is 123 cm³/mol. The molecule has 11 heteroatoms. The van der Waals surface area contributed by atoms with E-state index in [1.165, 1.54) is 31.6 Å². The summed E-state index contributed by atoms with van der Waals surface area (Å²) in [6.07, 6.45) is 1.21. The topological polar surface area (TPSA) is 114 Å². The van der Waals surface area contributed by atoms with Gasteiger partial charge in [-0.15, -0.1) is 0 Å². The predicted octanol–water partition coefficient (Wildman–Crippen LogP) is 3.49. The summed E-state index contributed by atoms with van der Waals surface area (Å²) in [5, 5.41) is 6.43. The van der Waals surface area contributed by atoms with Crippen LogP contribution in [-0.2, 0) is 10.0 Å². The average molecular weight is 460 g/mol. The number of hydrogen-bond acceptors (Lipinski definition) is 7. The largest absolute Gasteiger partial charge is 0.494 e. The Kier molecular flexibility index (Phi) is 7.21. The fourth-order valence-corrected chi connectivity index (χ4v) is 3.75. The van der Waals surface area contributed by atoms with Crippen molar-refractivity contribution in [2.45, 2.75) is 11.8 Å². The smallest absolute Gasteiger partial charge is 0.263 e. The van der Waals surface area contributed by atoms with E-state index in [-0.39, 0.29) is 16.6 Å². The highest BCUT2D eigenvalue weighted by Crippen LogP contribution is 2.20. The molecule has 0 amide bonds. The van der Waals surface area contributed by atoms with Gasteiger partial charge in [-0.3, -0.25) is 4.72 Å². The fourth-order valence-electron chi connectivity index (χ4n) is 2.52. The summed E-state index contributed by atoms with van der Waals surface area (Å²) in [5.74, 6) is 1.13. The first-order valence-electron chi connectivity index (χ1n) is 9.19. The van der Waals surface area contributed by atoms with Crippen molar-refractivity contribution < 1.29 is 17.9 Å². The summed E-state index contributed by atoms with van der Waals surface area (Å²) in [6, 6.07) is 14.9. The molecule has 0 bridgehead atoms. The minimum absolute atomic E-state index is 0.0704. The SMILES string of the molecule is CCOc1ccc(NC(=S)Nc2ccc(S(=O)(=O)Nc3cc(OC)ncn3)cc2)cc1. The standard InChI is InChI=1S/C20H21N5O4S2/c1-3-29-16-8-4-14(5-9-16)23-20(30)24-15-6-10-17(11-7-15)31(26,27)25-18-12-19(28-2)22-13-21-18/h4-13H,3H2,1-2H3,(H,21,22,25)(H2,23,24,30). The first kappa shape index (κ1) is 22.2. The summed E-state index contributed by atoms with van der Waals surface area (Å²) < 4.78 is 37.9. The van der Waals surface area contributed by atoms with Crippen LogP contribution in [0.3, 0.4) is 0 Å². The van der Waals surface area contributed by atoms with Gasteiger partial charge in [-0.25, -0.2) is 18.4 Å². The van der Waals surface area contributed by atoms with E-state index >= 15 is 0 Å². The van der Waals surface area contributed by atoms with Gasteiger partial charge in [0.05, 0.1) is 18.6 Å². The zero-order chi connectivity index (χ0) is 22.3. The molecule has 3 rings (SSSR count). The molecule has 0 saturated heterocycles. The van der Waals surface area contributed by atoms with Crippen LogP contribution in [0.4, 0.5) is 17.2 Å². The maximum atomic E-state index is 12.6. The van der Waals surface area contributed by atoms with Gasteiger partial charge in [0.25, 0.3) is 10.0 Å². The molecule has 3 N–H and O–H groups in total. The minimum atomic E-state index is -3.82. The van der Waals surface area contributed by atoms with E-state index in [0.717, 1.165) is 11.4 Å². The summed E-state index contributed by atoms with van der Waals surface area (Å²) in [4.78, 5) is 7.80. The summed E-state index contributed by atoms with van der Waals surface area (Å²) in [7, 11) is -2.39. The third kappa shape index (κ3) is 6.27. The van der Waals surface area contributed by atoms with Gasteiger partial charge in [-0.1, -0.05) is 0 Å². The number of aromatic nitrogens is 2. The van der Waals surface area contributed by atoms with Crippen molar-refractivity contribution >= 4 is 44.5 Å². The normalized spacial score (nSPS) is 10.8. The van der Waals surface area contributed by atoms with Crippen molar-refractivity contribution in [3.05, 3.63) is 60.9 Å². The zero-order valence-corrected chi connectivity index (χ0v) is 18.5. The van der Waals surface area contributed by atoms with Gasteiger partial charge < -0.3 is 20.1 Å². The molecule has 0 fully saturated rings. The molecule has 2 aromatic carbocycles. The molecule has 0 unspecified atom stereocenters. The molecule has 0 aliphatic heterocycles. The lowest BCUT2D eigenvalue weighted by molar-refractivity contribution is 0.340. The second-order valence-electron chi connectivity index (χ2n) is 6.11. The molecule has 0 saturated carbocycles. The van der Waals surface area contributed by atoms with E-state index in [1.807, 2.05) is 31.2 Å². The van der Waals surface area contributed by atoms with Gasteiger partial charge in [0.15, 0.2) is 5.11 Å². The van der Waals surface area contributed by atoms with Gasteiger partial charge >= 0.3 is 0 Å².